The molecule has 0 bridgehead atoms. The minimum absolute atomic E-state index is 0.240. The van der Waals surface area contributed by atoms with Crippen molar-refractivity contribution in [3.05, 3.63) is 47.5 Å². The van der Waals surface area contributed by atoms with Gasteiger partial charge in [-0.1, -0.05) is 26.0 Å². The zero-order valence-electron chi connectivity index (χ0n) is 15.4. The molecule has 0 unspecified atom stereocenters. The van der Waals surface area contributed by atoms with Gasteiger partial charge in [-0.2, -0.15) is 0 Å². The molecule has 0 aliphatic carbocycles. The summed E-state index contributed by atoms with van der Waals surface area (Å²) in [7, 11) is 4.57. The number of carbonyl (C=O) groups is 1. The van der Waals surface area contributed by atoms with Crippen molar-refractivity contribution < 1.29 is 19.0 Å². The Hall–Kier alpha value is -2.69. The predicted molar refractivity (Wildman–Crippen MR) is 99.2 cm³/mol. The van der Waals surface area contributed by atoms with Crippen LogP contribution in [0, 0.1) is 0 Å². The maximum atomic E-state index is 12.6. The average Bonchev–Trinajstić information content (AvgIpc) is 2.66. The van der Waals surface area contributed by atoms with Crippen LogP contribution in [0.5, 0.6) is 17.2 Å². The van der Waals surface area contributed by atoms with Gasteiger partial charge in [0.2, 0.25) is 5.75 Å². The molecule has 5 heteroatoms. The Morgan fingerprint density at radius 3 is 2.00 bits per heavy atom. The molecule has 0 aromatic heterocycles. The van der Waals surface area contributed by atoms with E-state index in [0.717, 1.165) is 12.1 Å². The maximum absolute atomic E-state index is 12.6. The zero-order valence-corrected chi connectivity index (χ0v) is 15.4. The standard InChI is InChI=1S/C20H25NO4/c1-6-13(2)14-7-9-16(10-8-14)21-20(22)15-11-17(23-3)19(25-5)18(12-15)24-4/h7-13H,6H2,1-5H3,(H,21,22)/t13-/m1/s1. The molecule has 2 aromatic carbocycles. The molecule has 2 aromatic rings. The smallest absolute Gasteiger partial charge is 0.255 e. The molecule has 0 spiro atoms. The number of rotatable bonds is 7. The van der Waals surface area contributed by atoms with Gasteiger partial charge in [0.25, 0.3) is 5.91 Å². The molecular formula is C20H25NO4. The van der Waals surface area contributed by atoms with Crippen LogP contribution in [-0.4, -0.2) is 27.2 Å². The lowest BCUT2D eigenvalue weighted by Gasteiger charge is -2.14. The van der Waals surface area contributed by atoms with Gasteiger partial charge in [-0.25, -0.2) is 0 Å². The Kier molecular flexibility index (Phi) is 6.28. The average molecular weight is 343 g/mol. The molecule has 1 N–H and O–H groups in total. The number of benzene rings is 2. The summed E-state index contributed by atoms with van der Waals surface area (Å²) in [6.45, 7) is 4.34. The summed E-state index contributed by atoms with van der Waals surface area (Å²) in [5, 5.41) is 2.89. The highest BCUT2D eigenvalue weighted by Crippen LogP contribution is 2.38. The Labute approximate surface area is 148 Å². The largest absolute Gasteiger partial charge is 0.493 e. The lowest BCUT2D eigenvalue weighted by Crippen LogP contribution is -2.12. The highest BCUT2D eigenvalue weighted by Gasteiger charge is 2.17. The minimum Gasteiger partial charge on any atom is -0.493 e. The summed E-state index contributed by atoms with van der Waals surface area (Å²) in [5.41, 5.74) is 2.43. The summed E-state index contributed by atoms with van der Waals surface area (Å²) in [6, 6.07) is 11.2. The second kappa shape index (κ2) is 8.42. The molecule has 0 saturated heterocycles. The molecule has 134 valence electrons. The van der Waals surface area contributed by atoms with Crippen molar-refractivity contribution >= 4 is 11.6 Å². The molecule has 0 aliphatic rings. The van der Waals surface area contributed by atoms with Gasteiger partial charge < -0.3 is 19.5 Å². The van der Waals surface area contributed by atoms with Gasteiger partial charge in [0.15, 0.2) is 11.5 Å². The number of hydrogen-bond donors (Lipinski definition) is 1. The fourth-order valence-corrected chi connectivity index (χ4v) is 2.55. The van der Waals surface area contributed by atoms with Crippen molar-refractivity contribution in [1.29, 1.82) is 0 Å². The van der Waals surface area contributed by atoms with Gasteiger partial charge in [-0.05, 0) is 42.2 Å². The summed E-state index contributed by atoms with van der Waals surface area (Å²) < 4.78 is 15.9. The van der Waals surface area contributed by atoms with Crippen LogP contribution in [0.2, 0.25) is 0 Å². The van der Waals surface area contributed by atoms with E-state index in [0.29, 0.717) is 28.7 Å². The molecule has 0 fully saturated rings. The molecule has 1 amide bonds. The summed E-state index contributed by atoms with van der Waals surface area (Å²) in [4.78, 5) is 12.6. The number of ether oxygens (including phenoxy) is 3. The topological polar surface area (TPSA) is 56.8 Å². The highest BCUT2D eigenvalue weighted by atomic mass is 16.5. The molecule has 5 nitrogen and oxygen atoms in total. The lowest BCUT2D eigenvalue weighted by molar-refractivity contribution is 0.102. The van der Waals surface area contributed by atoms with E-state index in [1.807, 2.05) is 24.3 Å². The van der Waals surface area contributed by atoms with Crippen LogP contribution in [0.3, 0.4) is 0 Å². The SMILES string of the molecule is CC[C@@H](C)c1ccc(NC(=O)c2cc(OC)c(OC)c(OC)c2)cc1. The third kappa shape index (κ3) is 4.24. The van der Waals surface area contributed by atoms with E-state index >= 15 is 0 Å². The zero-order chi connectivity index (χ0) is 18.4. The van der Waals surface area contributed by atoms with Gasteiger partial charge in [-0.15, -0.1) is 0 Å². The van der Waals surface area contributed by atoms with Gasteiger partial charge in [0.1, 0.15) is 0 Å². The van der Waals surface area contributed by atoms with Crippen molar-refractivity contribution in [1.82, 2.24) is 0 Å². The van der Waals surface area contributed by atoms with Crippen LogP contribution in [0.4, 0.5) is 5.69 Å². The van der Waals surface area contributed by atoms with E-state index in [-0.39, 0.29) is 5.91 Å². The first kappa shape index (κ1) is 18.6. The molecule has 0 aliphatic heterocycles. The van der Waals surface area contributed by atoms with Gasteiger partial charge in [0.05, 0.1) is 21.3 Å². The van der Waals surface area contributed by atoms with Gasteiger partial charge in [0, 0.05) is 11.3 Å². The Balaban J connectivity index is 2.23. The summed E-state index contributed by atoms with van der Waals surface area (Å²) in [6.07, 6.45) is 1.08. The Bertz CT molecular complexity index is 700. The number of methoxy groups -OCH3 is 3. The maximum Gasteiger partial charge on any atom is 0.255 e. The Morgan fingerprint density at radius 2 is 1.56 bits per heavy atom. The third-order valence-electron chi connectivity index (χ3n) is 4.28. The van der Waals surface area contributed by atoms with E-state index < -0.39 is 0 Å². The normalized spacial score (nSPS) is 11.6. The van der Waals surface area contributed by atoms with Crippen LogP contribution in [-0.2, 0) is 0 Å². The summed E-state index contributed by atoms with van der Waals surface area (Å²) in [5.74, 6) is 1.60. The van der Waals surface area contributed by atoms with Crippen LogP contribution in [0.1, 0.15) is 42.1 Å². The monoisotopic (exact) mass is 343 g/mol. The van der Waals surface area contributed by atoms with Gasteiger partial charge in [-0.3, -0.25) is 4.79 Å². The molecule has 2 rings (SSSR count). The van der Waals surface area contributed by atoms with Crippen molar-refractivity contribution in [3.63, 3.8) is 0 Å². The van der Waals surface area contributed by atoms with Crippen LogP contribution in [0.25, 0.3) is 0 Å². The molecule has 0 saturated carbocycles. The quantitative estimate of drug-likeness (QED) is 0.805. The van der Waals surface area contributed by atoms with E-state index in [2.05, 4.69) is 19.2 Å². The first-order valence-corrected chi connectivity index (χ1v) is 8.25. The highest BCUT2D eigenvalue weighted by molar-refractivity contribution is 6.05. The van der Waals surface area contributed by atoms with Crippen molar-refractivity contribution in [2.75, 3.05) is 26.6 Å². The second-order valence-corrected chi connectivity index (χ2v) is 5.80. The Morgan fingerprint density at radius 1 is 1.00 bits per heavy atom. The van der Waals surface area contributed by atoms with E-state index in [9.17, 15) is 4.79 Å². The first-order valence-electron chi connectivity index (χ1n) is 8.25. The van der Waals surface area contributed by atoms with Crippen molar-refractivity contribution in [2.24, 2.45) is 0 Å². The predicted octanol–water partition coefficient (Wildman–Crippen LogP) is 4.48. The van der Waals surface area contributed by atoms with Crippen molar-refractivity contribution in [3.8, 4) is 17.2 Å². The van der Waals surface area contributed by atoms with E-state index in [1.54, 1.807) is 12.1 Å². The van der Waals surface area contributed by atoms with Gasteiger partial charge >= 0.3 is 0 Å². The number of carbonyl (C=O) groups excluding carboxylic acids is 1. The summed E-state index contributed by atoms with van der Waals surface area (Å²) >= 11 is 0. The van der Waals surface area contributed by atoms with Crippen LogP contribution in [0.15, 0.2) is 36.4 Å². The fraction of sp³-hybridized carbons (Fsp3) is 0.350. The molecule has 1 atom stereocenters. The number of hydrogen-bond acceptors (Lipinski definition) is 4. The lowest BCUT2D eigenvalue weighted by atomic mass is 9.98. The number of anilines is 1. The fourth-order valence-electron chi connectivity index (χ4n) is 2.55. The molecule has 0 heterocycles. The van der Waals surface area contributed by atoms with Crippen LogP contribution < -0.4 is 19.5 Å². The molecular weight excluding hydrogens is 318 g/mol. The number of nitrogens with one attached hydrogen (secondary N) is 1. The molecule has 0 radical (unpaired) electrons. The number of amides is 1. The van der Waals surface area contributed by atoms with Crippen molar-refractivity contribution in [2.45, 2.75) is 26.2 Å². The van der Waals surface area contributed by atoms with E-state index in [1.165, 1.54) is 26.9 Å². The third-order valence-corrected chi connectivity index (χ3v) is 4.28. The minimum atomic E-state index is -0.240. The first-order chi connectivity index (χ1) is 12.0. The molecule has 25 heavy (non-hydrogen) atoms. The second-order valence-electron chi connectivity index (χ2n) is 5.80. The van der Waals surface area contributed by atoms with E-state index in [4.69, 9.17) is 14.2 Å². The van der Waals surface area contributed by atoms with Crippen LogP contribution >= 0.6 is 0 Å².